The van der Waals surface area contributed by atoms with Gasteiger partial charge in [-0.2, -0.15) is 0 Å². The van der Waals surface area contributed by atoms with Crippen molar-refractivity contribution in [3.05, 3.63) is 57.0 Å². The van der Waals surface area contributed by atoms with E-state index in [1.807, 2.05) is 0 Å². The lowest BCUT2D eigenvalue weighted by Crippen LogP contribution is -2.21. The summed E-state index contributed by atoms with van der Waals surface area (Å²) in [6.07, 6.45) is 0. The van der Waals surface area contributed by atoms with Crippen molar-refractivity contribution in [1.82, 2.24) is 0 Å². The van der Waals surface area contributed by atoms with Crippen LogP contribution in [0.15, 0.2) is 46.9 Å². The van der Waals surface area contributed by atoms with Crippen LogP contribution in [0, 0.1) is 0 Å². The highest BCUT2D eigenvalue weighted by molar-refractivity contribution is 9.10. The van der Waals surface area contributed by atoms with Gasteiger partial charge < -0.3 is 10.6 Å². The van der Waals surface area contributed by atoms with Gasteiger partial charge in [-0.3, -0.25) is 4.79 Å². The average molecular weight is 374 g/mol. The largest absolute Gasteiger partial charge is 0.375 e. The minimum absolute atomic E-state index is 0.146. The summed E-state index contributed by atoms with van der Waals surface area (Å²) in [7, 11) is 0. The molecule has 0 radical (unpaired) electrons. The Labute approximate surface area is 135 Å². The van der Waals surface area contributed by atoms with Crippen molar-refractivity contribution in [2.24, 2.45) is 0 Å². The number of benzene rings is 2. The van der Waals surface area contributed by atoms with E-state index in [0.717, 1.165) is 10.2 Å². The number of amides is 1. The van der Waals surface area contributed by atoms with Gasteiger partial charge in [0.1, 0.15) is 0 Å². The van der Waals surface area contributed by atoms with Crippen molar-refractivity contribution in [2.75, 3.05) is 17.2 Å². The number of rotatable bonds is 4. The van der Waals surface area contributed by atoms with Crippen LogP contribution in [-0.4, -0.2) is 12.5 Å². The summed E-state index contributed by atoms with van der Waals surface area (Å²) in [5, 5.41) is 6.99. The zero-order chi connectivity index (χ0) is 14.5. The third-order valence-corrected chi connectivity index (χ3v) is 3.61. The third-order valence-electron chi connectivity index (χ3n) is 2.48. The minimum atomic E-state index is -0.158. The highest BCUT2D eigenvalue weighted by Crippen LogP contribution is 2.25. The van der Waals surface area contributed by atoms with E-state index in [2.05, 4.69) is 26.6 Å². The van der Waals surface area contributed by atoms with Gasteiger partial charge >= 0.3 is 0 Å². The van der Waals surface area contributed by atoms with Gasteiger partial charge in [0, 0.05) is 25.9 Å². The smallest absolute Gasteiger partial charge is 0.243 e. The van der Waals surface area contributed by atoms with E-state index in [1.54, 1.807) is 42.5 Å². The van der Waals surface area contributed by atoms with Crippen LogP contribution in [0.25, 0.3) is 0 Å². The predicted octanol–water partition coefficient (Wildman–Crippen LogP) is 4.81. The predicted molar refractivity (Wildman–Crippen MR) is 87.7 cm³/mol. The molecule has 3 nitrogen and oxygen atoms in total. The summed E-state index contributed by atoms with van der Waals surface area (Å²) in [4.78, 5) is 11.8. The number of nitrogens with one attached hydrogen (secondary N) is 2. The van der Waals surface area contributed by atoms with E-state index < -0.39 is 0 Å². The van der Waals surface area contributed by atoms with Crippen LogP contribution in [0.4, 0.5) is 11.4 Å². The second-order valence-electron chi connectivity index (χ2n) is 4.04. The Hall–Kier alpha value is -1.23. The molecule has 0 bridgehead atoms. The summed E-state index contributed by atoms with van der Waals surface area (Å²) in [5.41, 5.74) is 1.47. The maximum Gasteiger partial charge on any atom is 0.243 e. The summed E-state index contributed by atoms with van der Waals surface area (Å²) in [6.45, 7) is 0.146. The van der Waals surface area contributed by atoms with E-state index >= 15 is 0 Å². The van der Waals surface area contributed by atoms with Crippen LogP contribution < -0.4 is 10.6 Å². The van der Waals surface area contributed by atoms with Gasteiger partial charge in [-0.1, -0.05) is 29.3 Å². The molecule has 0 fully saturated rings. The van der Waals surface area contributed by atoms with Crippen molar-refractivity contribution < 1.29 is 4.79 Å². The molecular formula is C14H11BrCl2N2O. The first-order valence-corrected chi connectivity index (χ1v) is 7.34. The Kier molecular flexibility index (Phi) is 5.29. The number of hydrogen-bond donors (Lipinski definition) is 2. The van der Waals surface area contributed by atoms with Crippen LogP contribution in [-0.2, 0) is 4.79 Å². The lowest BCUT2D eigenvalue weighted by atomic mass is 10.3. The molecule has 0 atom stereocenters. The molecule has 2 N–H and O–H groups in total. The molecule has 0 aromatic heterocycles. The number of hydrogen-bond acceptors (Lipinski definition) is 2. The number of carbonyl (C=O) groups excluding carboxylic acids is 1. The van der Waals surface area contributed by atoms with E-state index in [9.17, 15) is 4.79 Å². The lowest BCUT2D eigenvalue weighted by Gasteiger charge is -2.09. The number of anilines is 2. The molecule has 0 unspecified atom stereocenters. The molecule has 0 saturated carbocycles. The fourth-order valence-corrected chi connectivity index (χ4v) is 2.59. The molecule has 0 saturated heterocycles. The Balaban J connectivity index is 1.92. The minimum Gasteiger partial charge on any atom is -0.375 e. The van der Waals surface area contributed by atoms with Crippen LogP contribution in [0.3, 0.4) is 0 Å². The second kappa shape index (κ2) is 6.97. The summed E-state index contributed by atoms with van der Waals surface area (Å²) >= 11 is 15.1. The molecule has 1 amide bonds. The summed E-state index contributed by atoms with van der Waals surface area (Å²) < 4.78 is 0.806. The first kappa shape index (κ1) is 15.2. The average Bonchev–Trinajstić information content (AvgIpc) is 2.37. The molecule has 0 aliphatic rings. The number of halogens is 3. The van der Waals surface area contributed by atoms with Gasteiger partial charge in [0.15, 0.2) is 0 Å². The molecule has 2 rings (SSSR count). The lowest BCUT2D eigenvalue weighted by molar-refractivity contribution is -0.114. The van der Waals surface area contributed by atoms with Crippen LogP contribution in [0.2, 0.25) is 10.0 Å². The van der Waals surface area contributed by atoms with Crippen LogP contribution >= 0.6 is 39.1 Å². The normalized spacial score (nSPS) is 10.2. The van der Waals surface area contributed by atoms with Crippen LogP contribution in [0.5, 0.6) is 0 Å². The molecule has 0 spiro atoms. The second-order valence-corrected chi connectivity index (χ2v) is 5.76. The molecule has 2 aromatic rings. The third kappa shape index (κ3) is 4.40. The van der Waals surface area contributed by atoms with Gasteiger partial charge in [-0.15, -0.1) is 0 Å². The van der Waals surface area contributed by atoms with Crippen LogP contribution in [0.1, 0.15) is 0 Å². The quantitative estimate of drug-likeness (QED) is 0.807. The Bertz CT molecular complexity index is 634. The highest BCUT2D eigenvalue weighted by Gasteiger charge is 2.05. The van der Waals surface area contributed by atoms with Crippen molar-refractivity contribution >= 4 is 56.4 Å². The molecule has 0 aliphatic heterocycles. The SMILES string of the molecule is O=C(CNc1ccc(Cl)cc1Br)Nc1cccc(Cl)c1. The fraction of sp³-hybridized carbons (Fsp3) is 0.0714. The first-order valence-electron chi connectivity index (χ1n) is 5.79. The molecule has 0 heterocycles. The van der Waals surface area contributed by atoms with Gasteiger partial charge in [0.2, 0.25) is 5.91 Å². The number of carbonyl (C=O) groups is 1. The maximum atomic E-state index is 11.8. The molecule has 6 heteroatoms. The molecule has 2 aromatic carbocycles. The molecular weight excluding hydrogens is 363 g/mol. The molecule has 104 valence electrons. The monoisotopic (exact) mass is 372 g/mol. The van der Waals surface area contributed by atoms with Crippen molar-refractivity contribution in [3.8, 4) is 0 Å². The van der Waals surface area contributed by atoms with Gasteiger partial charge in [0.25, 0.3) is 0 Å². The Morgan fingerprint density at radius 3 is 2.55 bits per heavy atom. The highest BCUT2D eigenvalue weighted by atomic mass is 79.9. The van der Waals surface area contributed by atoms with Crippen molar-refractivity contribution in [2.45, 2.75) is 0 Å². The van der Waals surface area contributed by atoms with E-state index in [-0.39, 0.29) is 12.5 Å². The first-order chi connectivity index (χ1) is 9.54. The van der Waals surface area contributed by atoms with Crippen molar-refractivity contribution in [1.29, 1.82) is 0 Å². The van der Waals surface area contributed by atoms with Gasteiger partial charge in [-0.05, 0) is 52.3 Å². The standard InChI is InChI=1S/C14H11BrCl2N2O/c15-12-7-10(17)4-5-13(12)18-8-14(20)19-11-3-1-2-9(16)6-11/h1-7,18H,8H2,(H,19,20). The topological polar surface area (TPSA) is 41.1 Å². The Morgan fingerprint density at radius 1 is 1.10 bits per heavy atom. The maximum absolute atomic E-state index is 11.8. The van der Waals surface area contributed by atoms with Crippen molar-refractivity contribution in [3.63, 3.8) is 0 Å². The van der Waals surface area contributed by atoms with E-state index in [0.29, 0.717) is 15.7 Å². The fourth-order valence-electron chi connectivity index (χ4n) is 1.58. The zero-order valence-corrected chi connectivity index (χ0v) is 13.4. The van der Waals surface area contributed by atoms with E-state index in [4.69, 9.17) is 23.2 Å². The molecule has 0 aliphatic carbocycles. The van der Waals surface area contributed by atoms with Gasteiger partial charge in [0.05, 0.1) is 6.54 Å². The van der Waals surface area contributed by atoms with E-state index in [1.165, 1.54) is 0 Å². The summed E-state index contributed by atoms with van der Waals surface area (Å²) in [5.74, 6) is -0.158. The zero-order valence-electron chi connectivity index (χ0n) is 10.3. The molecule has 20 heavy (non-hydrogen) atoms. The Morgan fingerprint density at radius 2 is 1.85 bits per heavy atom. The van der Waals surface area contributed by atoms with Gasteiger partial charge in [-0.25, -0.2) is 0 Å². The summed E-state index contributed by atoms with van der Waals surface area (Å²) in [6, 6.07) is 12.3.